The van der Waals surface area contributed by atoms with Gasteiger partial charge in [0.15, 0.2) is 0 Å². The lowest BCUT2D eigenvalue weighted by Crippen LogP contribution is -2.54. The summed E-state index contributed by atoms with van der Waals surface area (Å²) in [6.07, 6.45) is 4.70. The van der Waals surface area contributed by atoms with Crippen molar-refractivity contribution >= 4 is 5.97 Å². The maximum absolute atomic E-state index is 11.1. The van der Waals surface area contributed by atoms with E-state index in [1.54, 1.807) is 0 Å². The minimum absolute atomic E-state index is 0.103. The lowest BCUT2D eigenvalue weighted by molar-refractivity contribution is -0.152. The lowest BCUT2D eigenvalue weighted by atomic mass is 9.89. The highest BCUT2D eigenvalue weighted by Crippen LogP contribution is 2.22. The highest BCUT2D eigenvalue weighted by molar-refractivity contribution is 5.72. The summed E-state index contributed by atoms with van der Waals surface area (Å²) in [6, 6.07) is 0.645. The Bertz CT molecular complexity index is 220. The van der Waals surface area contributed by atoms with E-state index in [0.717, 1.165) is 19.4 Å². The zero-order chi connectivity index (χ0) is 9.97. The van der Waals surface area contributed by atoms with Crippen LogP contribution < -0.4 is 5.73 Å². The average molecular weight is 198 g/mol. The number of carbonyl (C=O) groups is 1. The average Bonchev–Trinajstić information content (AvgIpc) is 2.18. The minimum Gasteiger partial charge on any atom is -0.463 e. The number of hydrogen-bond donors (Lipinski definition) is 1. The molecule has 1 heterocycles. The van der Waals surface area contributed by atoms with Gasteiger partial charge in [-0.15, -0.1) is 0 Å². The fraction of sp³-hybridized carbons (Fsp3) is 0.900. The van der Waals surface area contributed by atoms with E-state index in [4.69, 9.17) is 10.5 Å². The van der Waals surface area contributed by atoms with Crippen molar-refractivity contribution in [2.75, 3.05) is 19.7 Å². The summed E-state index contributed by atoms with van der Waals surface area (Å²) >= 11 is 0. The number of esters is 1. The van der Waals surface area contributed by atoms with E-state index in [2.05, 4.69) is 4.90 Å². The topological polar surface area (TPSA) is 55.6 Å². The second-order valence-electron chi connectivity index (χ2n) is 4.21. The van der Waals surface area contributed by atoms with E-state index < -0.39 is 0 Å². The van der Waals surface area contributed by atoms with Gasteiger partial charge in [0.2, 0.25) is 0 Å². The number of rotatable bonds is 1. The van der Waals surface area contributed by atoms with Gasteiger partial charge in [-0.3, -0.25) is 9.69 Å². The Kier molecular flexibility index (Phi) is 3.03. The summed E-state index contributed by atoms with van der Waals surface area (Å²) in [5.41, 5.74) is 6.06. The summed E-state index contributed by atoms with van der Waals surface area (Å²) in [5.74, 6) is -0.103. The fourth-order valence-electron chi connectivity index (χ4n) is 2.44. The van der Waals surface area contributed by atoms with Crippen LogP contribution in [-0.2, 0) is 9.53 Å². The summed E-state index contributed by atoms with van der Waals surface area (Å²) in [5, 5.41) is 0. The van der Waals surface area contributed by atoms with Crippen LogP contribution in [0.15, 0.2) is 0 Å². The molecular weight excluding hydrogens is 180 g/mol. The maximum atomic E-state index is 11.1. The van der Waals surface area contributed by atoms with Crippen LogP contribution in [0.2, 0.25) is 0 Å². The van der Waals surface area contributed by atoms with Gasteiger partial charge in [-0.1, -0.05) is 12.8 Å². The van der Waals surface area contributed by atoms with Crippen molar-refractivity contribution in [2.45, 2.75) is 37.8 Å². The summed E-state index contributed by atoms with van der Waals surface area (Å²) in [4.78, 5) is 13.3. The normalized spacial score (nSPS) is 35.4. The molecule has 80 valence electrons. The van der Waals surface area contributed by atoms with Crippen LogP contribution in [0, 0.1) is 0 Å². The molecule has 2 atom stereocenters. The Balaban J connectivity index is 1.94. The second kappa shape index (κ2) is 4.28. The molecule has 4 nitrogen and oxygen atoms in total. The Morgan fingerprint density at radius 1 is 1.36 bits per heavy atom. The molecule has 0 aromatic rings. The van der Waals surface area contributed by atoms with Crippen molar-refractivity contribution in [2.24, 2.45) is 5.73 Å². The number of ether oxygens (including phenoxy) is 1. The number of nitrogens with two attached hydrogens (primary N) is 1. The molecule has 1 aliphatic heterocycles. The van der Waals surface area contributed by atoms with E-state index in [1.807, 2.05) is 0 Å². The van der Waals surface area contributed by atoms with E-state index in [0.29, 0.717) is 19.2 Å². The molecule has 0 spiro atoms. The van der Waals surface area contributed by atoms with Crippen molar-refractivity contribution in [3.8, 4) is 0 Å². The van der Waals surface area contributed by atoms with Crippen LogP contribution in [0.25, 0.3) is 0 Å². The minimum atomic E-state index is -0.103. The molecule has 1 saturated carbocycles. The monoisotopic (exact) mass is 198 g/mol. The van der Waals surface area contributed by atoms with E-state index >= 15 is 0 Å². The van der Waals surface area contributed by atoms with Gasteiger partial charge in [0, 0.05) is 18.6 Å². The number of morpholine rings is 1. The summed E-state index contributed by atoms with van der Waals surface area (Å²) < 4.78 is 4.91. The third-order valence-corrected chi connectivity index (χ3v) is 3.22. The Labute approximate surface area is 84.4 Å². The molecule has 0 radical (unpaired) electrons. The maximum Gasteiger partial charge on any atom is 0.320 e. The molecule has 2 fully saturated rings. The van der Waals surface area contributed by atoms with Crippen molar-refractivity contribution in [3.05, 3.63) is 0 Å². The molecule has 1 saturated heterocycles. The molecule has 0 aromatic carbocycles. The third-order valence-electron chi connectivity index (χ3n) is 3.22. The standard InChI is InChI=1S/C10H18N2O2/c11-8-3-1-2-4-9(8)12-5-6-14-10(13)7-12/h8-9H,1-7,11H2. The number of nitrogens with zero attached hydrogens (tertiary/aromatic N) is 1. The zero-order valence-corrected chi connectivity index (χ0v) is 8.45. The smallest absolute Gasteiger partial charge is 0.320 e. The van der Waals surface area contributed by atoms with Crippen molar-refractivity contribution < 1.29 is 9.53 Å². The first-order valence-electron chi connectivity index (χ1n) is 5.42. The van der Waals surface area contributed by atoms with Gasteiger partial charge in [-0.2, -0.15) is 0 Å². The zero-order valence-electron chi connectivity index (χ0n) is 8.45. The van der Waals surface area contributed by atoms with Crippen molar-refractivity contribution in [1.29, 1.82) is 0 Å². The summed E-state index contributed by atoms with van der Waals surface area (Å²) in [7, 11) is 0. The quantitative estimate of drug-likeness (QED) is 0.608. The number of hydrogen-bond acceptors (Lipinski definition) is 4. The molecule has 14 heavy (non-hydrogen) atoms. The highest BCUT2D eigenvalue weighted by atomic mass is 16.5. The Morgan fingerprint density at radius 3 is 2.86 bits per heavy atom. The fourth-order valence-corrected chi connectivity index (χ4v) is 2.44. The molecule has 0 bridgehead atoms. The van der Waals surface area contributed by atoms with Crippen LogP contribution in [-0.4, -0.2) is 42.6 Å². The van der Waals surface area contributed by atoms with Crippen LogP contribution in [0.5, 0.6) is 0 Å². The van der Waals surface area contributed by atoms with Gasteiger partial charge in [0.25, 0.3) is 0 Å². The predicted molar refractivity (Wildman–Crippen MR) is 52.8 cm³/mol. The molecule has 0 aromatic heterocycles. The lowest BCUT2D eigenvalue weighted by Gasteiger charge is -2.39. The van der Waals surface area contributed by atoms with Crippen LogP contribution in [0.3, 0.4) is 0 Å². The molecular formula is C10H18N2O2. The second-order valence-corrected chi connectivity index (χ2v) is 4.21. The molecule has 2 unspecified atom stereocenters. The molecule has 4 heteroatoms. The molecule has 2 N–H and O–H groups in total. The van der Waals surface area contributed by atoms with Crippen molar-refractivity contribution in [3.63, 3.8) is 0 Å². The van der Waals surface area contributed by atoms with Gasteiger partial charge in [0.05, 0.1) is 6.54 Å². The SMILES string of the molecule is NC1CCCCC1N1CCOC(=O)C1. The third kappa shape index (κ3) is 2.07. The molecule has 2 aliphatic rings. The van der Waals surface area contributed by atoms with Gasteiger partial charge in [-0.25, -0.2) is 0 Å². The summed E-state index contributed by atoms with van der Waals surface area (Å²) in [6.45, 7) is 1.81. The van der Waals surface area contributed by atoms with Crippen LogP contribution in [0.4, 0.5) is 0 Å². The largest absolute Gasteiger partial charge is 0.463 e. The van der Waals surface area contributed by atoms with E-state index in [-0.39, 0.29) is 12.0 Å². The first-order valence-corrected chi connectivity index (χ1v) is 5.42. The van der Waals surface area contributed by atoms with Gasteiger partial charge < -0.3 is 10.5 Å². The number of carbonyl (C=O) groups excluding carboxylic acids is 1. The Hall–Kier alpha value is -0.610. The first kappa shape index (κ1) is 9.93. The van der Waals surface area contributed by atoms with Crippen LogP contribution >= 0.6 is 0 Å². The Morgan fingerprint density at radius 2 is 2.14 bits per heavy atom. The van der Waals surface area contributed by atoms with Gasteiger partial charge in [0.1, 0.15) is 6.61 Å². The van der Waals surface area contributed by atoms with Gasteiger partial charge >= 0.3 is 5.97 Å². The molecule has 2 rings (SSSR count). The molecule has 0 amide bonds. The first-order chi connectivity index (χ1) is 6.77. The number of cyclic esters (lactones) is 1. The van der Waals surface area contributed by atoms with E-state index in [1.165, 1.54) is 12.8 Å². The highest BCUT2D eigenvalue weighted by Gasteiger charge is 2.30. The van der Waals surface area contributed by atoms with Gasteiger partial charge in [-0.05, 0) is 12.8 Å². The molecule has 1 aliphatic carbocycles. The van der Waals surface area contributed by atoms with Crippen molar-refractivity contribution in [1.82, 2.24) is 4.90 Å². The van der Waals surface area contributed by atoms with Crippen LogP contribution in [0.1, 0.15) is 25.7 Å². The predicted octanol–water partition coefficient (Wildman–Crippen LogP) is 0.115. The van der Waals surface area contributed by atoms with E-state index in [9.17, 15) is 4.79 Å².